The van der Waals surface area contributed by atoms with Gasteiger partial charge in [-0.15, -0.1) is 0 Å². The molecule has 90 valence electrons. The second-order valence-electron chi connectivity index (χ2n) is 5.73. The average Bonchev–Trinajstić information content (AvgIpc) is 2.80. The second-order valence-corrected chi connectivity index (χ2v) is 10.1. The summed E-state index contributed by atoms with van der Waals surface area (Å²) in [6.07, 6.45) is 6.08. The zero-order valence-electron chi connectivity index (χ0n) is 11.3. The average molecular weight is 242 g/mol. The highest BCUT2D eigenvalue weighted by Crippen LogP contribution is 2.29. The Hall–Kier alpha value is -1.08. The topological polar surface area (TPSA) is 0 Å². The van der Waals surface area contributed by atoms with E-state index in [2.05, 4.69) is 69.4 Å². The Morgan fingerprint density at radius 1 is 1.06 bits per heavy atom. The van der Waals surface area contributed by atoms with Crippen molar-refractivity contribution < 1.29 is 0 Å². The molecule has 0 aromatic heterocycles. The van der Waals surface area contributed by atoms with Crippen LogP contribution in [0.3, 0.4) is 0 Å². The summed E-state index contributed by atoms with van der Waals surface area (Å²) in [5.41, 5.74) is 1.59. The maximum atomic E-state index is 2.46. The molecular weight excluding hydrogens is 220 g/mol. The molecular formula is C16H22Si. The summed E-state index contributed by atoms with van der Waals surface area (Å²) in [4.78, 5) is 0. The molecule has 17 heavy (non-hydrogen) atoms. The maximum absolute atomic E-state index is 2.46. The van der Waals surface area contributed by atoms with Crippen molar-refractivity contribution in [2.24, 2.45) is 5.92 Å². The van der Waals surface area contributed by atoms with Gasteiger partial charge in [-0.3, -0.25) is 0 Å². The van der Waals surface area contributed by atoms with Crippen LogP contribution in [0.2, 0.25) is 13.1 Å². The minimum Gasteiger partial charge on any atom is -0.0808 e. The third-order valence-corrected chi connectivity index (χ3v) is 7.43. The van der Waals surface area contributed by atoms with Gasteiger partial charge in [0.2, 0.25) is 0 Å². The van der Waals surface area contributed by atoms with Gasteiger partial charge in [0.25, 0.3) is 0 Å². The molecule has 0 N–H and O–H groups in total. The van der Waals surface area contributed by atoms with Crippen LogP contribution in [0.15, 0.2) is 53.3 Å². The molecule has 1 aliphatic carbocycles. The van der Waals surface area contributed by atoms with Gasteiger partial charge in [-0.2, -0.15) is 0 Å². The molecule has 0 fully saturated rings. The standard InChI is InChI=1S/C16H22Si/c1-13(2)14-10-11-16(12-14)17(3,4)15-8-6-5-7-9-15/h5-9,11-13H,10H2,1-4H3. The molecule has 0 atom stereocenters. The van der Waals surface area contributed by atoms with Crippen molar-refractivity contribution in [3.63, 3.8) is 0 Å². The van der Waals surface area contributed by atoms with Gasteiger partial charge < -0.3 is 0 Å². The van der Waals surface area contributed by atoms with Crippen LogP contribution in [0.1, 0.15) is 20.3 Å². The van der Waals surface area contributed by atoms with E-state index in [-0.39, 0.29) is 0 Å². The van der Waals surface area contributed by atoms with Gasteiger partial charge in [-0.1, -0.05) is 85.4 Å². The van der Waals surface area contributed by atoms with Crippen LogP contribution in [0, 0.1) is 5.92 Å². The minimum absolute atomic E-state index is 0.685. The number of hydrogen-bond donors (Lipinski definition) is 0. The molecule has 0 amide bonds. The fourth-order valence-corrected chi connectivity index (χ4v) is 4.92. The van der Waals surface area contributed by atoms with Crippen LogP contribution in [-0.2, 0) is 0 Å². The molecule has 1 aromatic carbocycles. The monoisotopic (exact) mass is 242 g/mol. The Morgan fingerprint density at radius 3 is 2.24 bits per heavy atom. The molecule has 0 unspecified atom stereocenters. The van der Waals surface area contributed by atoms with Gasteiger partial charge >= 0.3 is 0 Å². The van der Waals surface area contributed by atoms with Crippen molar-refractivity contribution in [2.75, 3.05) is 0 Å². The molecule has 0 spiro atoms. The predicted octanol–water partition coefficient (Wildman–Crippen LogP) is 4.05. The highest BCUT2D eigenvalue weighted by molar-refractivity contribution is 6.96. The first-order valence-corrected chi connectivity index (χ1v) is 9.48. The maximum Gasteiger partial charge on any atom is 0.111 e. The quantitative estimate of drug-likeness (QED) is 0.701. The van der Waals surface area contributed by atoms with Gasteiger partial charge in [-0.25, -0.2) is 0 Å². The number of hydrogen-bond acceptors (Lipinski definition) is 0. The molecule has 0 saturated carbocycles. The smallest absolute Gasteiger partial charge is 0.0808 e. The predicted molar refractivity (Wildman–Crippen MR) is 79.2 cm³/mol. The molecule has 0 saturated heterocycles. The normalized spacial score (nSPS) is 16.1. The van der Waals surface area contributed by atoms with Crippen molar-refractivity contribution in [2.45, 2.75) is 33.4 Å². The minimum atomic E-state index is -1.45. The van der Waals surface area contributed by atoms with Gasteiger partial charge in [0.1, 0.15) is 8.07 Å². The molecule has 0 aliphatic heterocycles. The Balaban J connectivity index is 2.29. The summed E-state index contributed by atoms with van der Waals surface area (Å²) in [7, 11) is -1.45. The Morgan fingerprint density at radius 2 is 1.71 bits per heavy atom. The van der Waals surface area contributed by atoms with Crippen molar-refractivity contribution in [1.29, 1.82) is 0 Å². The first-order valence-electron chi connectivity index (χ1n) is 6.48. The summed E-state index contributed by atoms with van der Waals surface area (Å²) >= 11 is 0. The molecule has 0 radical (unpaired) electrons. The number of rotatable bonds is 3. The third kappa shape index (κ3) is 2.44. The molecule has 1 heteroatoms. The van der Waals surface area contributed by atoms with Crippen LogP contribution in [-0.4, -0.2) is 8.07 Å². The molecule has 1 aromatic rings. The van der Waals surface area contributed by atoms with E-state index >= 15 is 0 Å². The zero-order valence-corrected chi connectivity index (χ0v) is 12.3. The molecule has 0 bridgehead atoms. The van der Waals surface area contributed by atoms with Gasteiger partial charge in [0.15, 0.2) is 0 Å². The highest BCUT2D eigenvalue weighted by Gasteiger charge is 2.29. The van der Waals surface area contributed by atoms with Crippen molar-refractivity contribution in [3.8, 4) is 0 Å². The first kappa shape index (κ1) is 12.4. The van der Waals surface area contributed by atoms with Gasteiger partial charge in [0.05, 0.1) is 0 Å². The van der Waals surface area contributed by atoms with Crippen LogP contribution in [0.25, 0.3) is 0 Å². The van der Waals surface area contributed by atoms with Crippen LogP contribution < -0.4 is 5.19 Å². The van der Waals surface area contributed by atoms with E-state index in [9.17, 15) is 0 Å². The lowest BCUT2D eigenvalue weighted by Crippen LogP contribution is -2.42. The highest BCUT2D eigenvalue weighted by atomic mass is 28.3. The van der Waals surface area contributed by atoms with E-state index in [4.69, 9.17) is 0 Å². The van der Waals surface area contributed by atoms with Crippen LogP contribution >= 0.6 is 0 Å². The lowest BCUT2D eigenvalue weighted by molar-refractivity contribution is 0.753. The van der Waals surface area contributed by atoms with E-state index in [1.165, 1.54) is 5.19 Å². The molecule has 1 aliphatic rings. The van der Waals surface area contributed by atoms with Crippen molar-refractivity contribution >= 4 is 13.3 Å². The van der Waals surface area contributed by atoms with E-state index < -0.39 is 8.07 Å². The molecule has 2 rings (SSSR count). The third-order valence-electron chi connectivity index (χ3n) is 3.86. The largest absolute Gasteiger partial charge is 0.111 e. The van der Waals surface area contributed by atoms with E-state index in [0.29, 0.717) is 5.92 Å². The van der Waals surface area contributed by atoms with Crippen LogP contribution in [0.5, 0.6) is 0 Å². The van der Waals surface area contributed by atoms with E-state index in [0.717, 1.165) is 6.42 Å². The van der Waals surface area contributed by atoms with Crippen molar-refractivity contribution in [1.82, 2.24) is 0 Å². The Kier molecular flexibility index (Phi) is 3.39. The molecule has 0 heterocycles. The lowest BCUT2D eigenvalue weighted by atomic mass is 10.0. The summed E-state index contributed by atoms with van der Waals surface area (Å²) in [5, 5.41) is 3.14. The second kappa shape index (κ2) is 4.65. The number of allylic oxidation sites excluding steroid dienone is 4. The lowest BCUT2D eigenvalue weighted by Gasteiger charge is -2.23. The Bertz CT molecular complexity index is 450. The number of benzene rings is 1. The van der Waals surface area contributed by atoms with Crippen molar-refractivity contribution in [3.05, 3.63) is 53.3 Å². The summed E-state index contributed by atoms with van der Waals surface area (Å²) in [6.45, 7) is 9.49. The fourth-order valence-electron chi connectivity index (χ4n) is 2.40. The zero-order chi connectivity index (χ0) is 12.5. The fraction of sp³-hybridized carbons (Fsp3) is 0.375. The van der Waals surface area contributed by atoms with E-state index in [1.807, 2.05) is 0 Å². The van der Waals surface area contributed by atoms with Gasteiger partial charge in [-0.05, 0) is 12.3 Å². The molecule has 0 nitrogen and oxygen atoms in total. The summed E-state index contributed by atoms with van der Waals surface area (Å²) in [5.74, 6) is 0.685. The summed E-state index contributed by atoms with van der Waals surface area (Å²) < 4.78 is 0. The Labute approximate surface area is 106 Å². The summed E-state index contributed by atoms with van der Waals surface area (Å²) in [6, 6.07) is 11.0. The first-order chi connectivity index (χ1) is 8.01. The van der Waals surface area contributed by atoms with Crippen LogP contribution in [0.4, 0.5) is 0 Å². The van der Waals surface area contributed by atoms with Gasteiger partial charge in [0, 0.05) is 0 Å². The van der Waals surface area contributed by atoms with E-state index in [1.54, 1.807) is 10.8 Å². The SMILES string of the molecule is CC(C)C1=CC([Si](C)(C)c2ccccc2)=CC1.